The van der Waals surface area contributed by atoms with Crippen molar-refractivity contribution < 1.29 is 4.79 Å². The number of ketones is 1. The van der Waals surface area contributed by atoms with Gasteiger partial charge in [-0.2, -0.15) is 0 Å². The lowest BCUT2D eigenvalue weighted by atomic mass is 10.0. The van der Waals surface area contributed by atoms with E-state index in [2.05, 4.69) is 65.4 Å². The fraction of sp³-hybridized carbons (Fsp3) is 0.0909. The number of hydrogen-bond acceptors (Lipinski definition) is 2. The van der Waals surface area contributed by atoms with Gasteiger partial charge in [0.15, 0.2) is 5.78 Å². The summed E-state index contributed by atoms with van der Waals surface area (Å²) in [5, 5.41) is 0. The van der Waals surface area contributed by atoms with E-state index in [9.17, 15) is 4.79 Å². The molecule has 0 atom stereocenters. The molecule has 1 heterocycles. The Hall–Kier alpha value is -3.20. The van der Waals surface area contributed by atoms with Gasteiger partial charge in [0.2, 0.25) is 0 Å². The average Bonchev–Trinajstić information content (AvgIpc) is 3.06. The minimum Gasteiger partial charge on any atom is -0.338 e. The SMILES string of the molecule is CC(=O)c1cccc2[nH]c(-c3ccc(-c4ccc(C)cc4)cc3)nc12. The van der Waals surface area contributed by atoms with Crippen LogP contribution in [0.25, 0.3) is 33.5 Å². The molecule has 1 aromatic heterocycles. The van der Waals surface area contributed by atoms with Crippen LogP contribution in [0.15, 0.2) is 66.7 Å². The second-order valence-corrected chi connectivity index (χ2v) is 6.29. The molecule has 25 heavy (non-hydrogen) atoms. The Morgan fingerprint density at radius 2 is 1.44 bits per heavy atom. The van der Waals surface area contributed by atoms with Crippen LogP contribution in [0.1, 0.15) is 22.8 Å². The van der Waals surface area contributed by atoms with E-state index < -0.39 is 0 Å². The zero-order chi connectivity index (χ0) is 17.4. The summed E-state index contributed by atoms with van der Waals surface area (Å²) in [5.41, 5.74) is 6.88. The molecule has 1 N–H and O–H groups in total. The summed E-state index contributed by atoms with van der Waals surface area (Å²) in [6, 6.07) is 22.4. The first kappa shape index (κ1) is 15.3. The summed E-state index contributed by atoms with van der Waals surface area (Å²) in [5.74, 6) is 0.803. The molecule has 0 fully saturated rings. The Morgan fingerprint density at radius 1 is 0.840 bits per heavy atom. The zero-order valence-corrected chi connectivity index (χ0v) is 14.2. The van der Waals surface area contributed by atoms with E-state index in [1.54, 1.807) is 6.92 Å². The molecular formula is C22H18N2O. The number of Topliss-reactive ketones (excluding diaryl/α,β-unsaturated/α-hetero) is 1. The van der Waals surface area contributed by atoms with Gasteiger partial charge in [0.05, 0.1) is 11.0 Å². The lowest BCUT2D eigenvalue weighted by Crippen LogP contribution is -1.92. The summed E-state index contributed by atoms with van der Waals surface area (Å²) in [4.78, 5) is 19.7. The van der Waals surface area contributed by atoms with Crippen LogP contribution < -0.4 is 0 Å². The quantitative estimate of drug-likeness (QED) is 0.512. The summed E-state index contributed by atoms with van der Waals surface area (Å²) in [6.07, 6.45) is 0. The van der Waals surface area contributed by atoms with Crippen LogP contribution in [0.3, 0.4) is 0 Å². The normalized spacial score (nSPS) is 11.0. The molecule has 0 aliphatic heterocycles. The number of aromatic nitrogens is 2. The predicted octanol–water partition coefficient (Wildman–Crippen LogP) is 5.41. The second-order valence-electron chi connectivity index (χ2n) is 6.29. The Balaban J connectivity index is 1.73. The van der Waals surface area contributed by atoms with Gasteiger partial charge in [-0.15, -0.1) is 0 Å². The first-order chi connectivity index (χ1) is 12.1. The molecular weight excluding hydrogens is 308 g/mol. The molecule has 4 rings (SSSR count). The Kier molecular flexibility index (Phi) is 3.69. The predicted molar refractivity (Wildman–Crippen MR) is 102 cm³/mol. The van der Waals surface area contributed by atoms with E-state index in [1.807, 2.05) is 18.2 Å². The molecule has 0 radical (unpaired) electrons. The Morgan fingerprint density at radius 3 is 2.08 bits per heavy atom. The molecule has 0 saturated carbocycles. The smallest absolute Gasteiger partial charge is 0.162 e. The average molecular weight is 326 g/mol. The summed E-state index contributed by atoms with van der Waals surface area (Å²) >= 11 is 0. The molecule has 4 aromatic rings. The van der Waals surface area contributed by atoms with Crippen molar-refractivity contribution in [1.82, 2.24) is 9.97 Å². The highest BCUT2D eigenvalue weighted by atomic mass is 16.1. The molecule has 0 aliphatic carbocycles. The third-order valence-corrected chi connectivity index (χ3v) is 4.44. The molecule has 0 unspecified atom stereocenters. The molecule has 3 heteroatoms. The van der Waals surface area contributed by atoms with Crippen LogP contribution in [-0.2, 0) is 0 Å². The van der Waals surface area contributed by atoms with Gasteiger partial charge in [0.1, 0.15) is 5.82 Å². The maximum Gasteiger partial charge on any atom is 0.162 e. The second kappa shape index (κ2) is 6.02. The molecule has 122 valence electrons. The lowest BCUT2D eigenvalue weighted by molar-refractivity contribution is 0.101. The number of para-hydroxylation sites is 1. The molecule has 3 nitrogen and oxygen atoms in total. The van der Waals surface area contributed by atoms with Gasteiger partial charge in [0, 0.05) is 11.1 Å². The van der Waals surface area contributed by atoms with Crippen molar-refractivity contribution in [1.29, 1.82) is 0 Å². The number of rotatable bonds is 3. The van der Waals surface area contributed by atoms with E-state index in [-0.39, 0.29) is 5.78 Å². The van der Waals surface area contributed by atoms with Gasteiger partial charge in [-0.05, 0) is 37.1 Å². The number of carbonyl (C=O) groups is 1. The van der Waals surface area contributed by atoms with Crippen LogP contribution in [0.2, 0.25) is 0 Å². The Labute approximate surface area is 146 Å². The van der Waals surface area contributed by atoms with Gasteiger partial charge in [0.25, 0.3) is 0 Å². The van der Waals surface area contributed by atoms with E-state index in [4.69, 9.17) is 0 Å². The number of H-pyrrole nitrogens is 1. The number of benzene rings is 3. The van der Waals surface area contributed by atoms with Gasteiger partial charge < -0.3 is 4.98 Å². The van der Waals surface area contributed by atoms with Crippen LogP contribution >= 0.6 is 0 Å². The monoisotopic (exact) mass is 326 g/mol. The minimum atomic E-state index is 0.0263. The first-order valence-corrected chi connectivity index (χ1v) is 8.29. The number of aryl methyl sites for hydroxylation is 1. The number of hydrogen-bond donors (Lipinski definition) is 1. The highest BCUT2D eigenvalue weighted by Gasteiger charge is 2.11. The summed E-state index contributed by atoms with van der Waals surface area (Å²) < 4.78 is 0. The molecule has 0 aliphatic rings. The summed E-state index contributed by atoms with van der Waals surface area (Å²) in [6.45, 7) is 3.66. The van der Waals surface area contributed by atoms with E-state index in [0.717, 1.165) is 22.4 Å². The lowest BCUT2D eigenvalue weighted by Gasteiger charge is -2.03. The van der Waals surface area contributed by atoms with Crippen molar-refractivity contribution in [2.75, 3.05) is 0 Å². The third kappa shape index (κ3) is 2.85. The molecule has 0 saturated heterocycles. The number of carbonyl (C=O) groups excluding carboxylic acids is 1. The number of imidazole rings is 1. The van der Waals surface area contributed by atoms with Gasteiger partial charge >= 0.3 is 0 Å². The highest BCUT2D eigenvalue weighted by Crippen LogP contribution is 2.26. The van der Waals surface area contributed by atoms with Gasteiger partial charge in [-0.25, -0.2) is 4.98 Å². The van der Waals surface area contributed by atoms with Gasteiger partial charge in [-0.1, -0.05) is 60.2 Å². The van der Waals surface area contributed by atoms with Crippen molar-refractivity contribution in [3.63, 3.8) is 0 Å². The largest absolute Gasteiger partial charge is 0.338 e. The fourth-order valence-corrected chi connectivity index (χ4v) is 3.02. The van der Waals surface area contributed by atoms with E-state index in [0.29, 0.717) is 5.56 Å². The minimum absolute atomic E-state index is 0.0263. The van der Waals surface area contributed by atoms with Crippen molar-refractivity contribution in [2.24, 2.45) is 0 Å². The third-order valence-electron chi connectivity index (χ3n) is 4.44. The maximum atomic E-state index is 11.8. The summed E-state index contributed by atoms with van der Waals surface area (Å²) in [7, 11) is 0. The standard InChI is InChI=1S/C22H18N2O/c1-14-6-8-16(9-7-14)17-10-12-18(13-11-17)22-23-20-5-3-4-19(15(2)25)21(20)24-22/h3-13H,1-2H3,(H,23,24). The van der Waals surface area contributed by atoms with Crippen molar-refractivity contribution >= 4 is 16.8 Å². The number of fused-ring (bicyclic) bond motifs is 1. The number of aromatic amines is 1. The zero-order valence-electron chi connectivity index (χ0n) is 14.2. The number of nitrogens with one attached hydrogen (secondary N) is 1. The fourth-order valence-electron chi connectivity index (χ4n) is 3.02. The maximum absolute atomic E-state index is 11.8. The van der Waals surface area contributed by atoms with Crippen molar-refractivity contribution in [2.45, 2.75) is 13.8 Å². The van der Waals surface area contributed by atoms with Crippen LogP contribution in [0, 0.1) is 6.92 Å². The van der Waals surface area contributed by atoms with Crippen molar-refractivity contribution in [3.8, 4) is 22.5 Å². The van der Waals surface area contributed by atoms with Gasteiger partial charge in [-0.3, -0.25) is 4.79 Å². The van der Waals surface area contributed by atoms with Crippen molar-refractivity contribution in [3.05, 3.63) is 77.9 Å². The topological polar surface area (TPSA) is 45.8 Å². The number of nitrogens with zero attached hydrogens (tertiary/aromatic N) is 1. The molecule has 0 bridgehead atoms. The highest BCUT2D eigenvalue weighted by molar-refractivity contribution is 6.05. The van der Waals surface area contributed by atoms with Crippen LogP contribution in [0.4, 0.5) is 0 Å². The van der Waals surface area contributed by atoms with Crippen LogP contribution in [-0.4, -0.2) is 15.8 Å². The first-order valence-electron chi connectivity index (χ1n) is 8.29. The molecule has 0 spiro atoms. The van der Waals surface area contributed by atoms with Crippen LogP contribution in [0.5, 0.6) is 0 Å². The van der Waals surface area contributed by atoms with E-state index in [1.165, 1.54) is 16.7 Å². The Bertz CT molecular complexity index is 1060. The van der Waals surface area contributed by atoms with E-state index >= 15 is 0 Å². The molecule has 0 amide bonds. The molecule has 3 aromatic carbocycles.